The lowest BCUT2D eigenvalue weighted by molar-refractivity contribution is -0.117. The zero-order valence-corrected chi connectivity index (χ0v) is 10.6. The number of benzene rings is 1. The van der Waals surface area contributed by atoms with Crippen LogP contribution in [0.4, 0.5) is 16.2 Å². The Morgan fingerprint density at radius 2 is 2.22 bits per heavy atom. The number of urea groups is 1. The van der Waals surface area contributed by atoms with Crippen molar-refractivity contribution in [1.29, 1.82) is 0 Å². The third-order valence-corrected chi connectivity index (χ3v) is 2.95. The van der Waals surface area contributed by atoms with Crippen LogP contribution >= 0.6 is 0 Å². The second kappa shape index (κ2) is 5.08. The molecule has 0 bridgehead atoms. The smallest absolute Gasteiger partial charge is 0.319 e. The van der Waals surface area contributed by atoms with Crippen LogP contribution in [0.3, 0.4) is 0 Å². The van der Waals surface area contributed by atoms with Crippen molar-refractivity contribution in [2.24, 2.45) is 0 Å². The molecule has 0 saturated heterocycles. The zero-order valence-electron chi connectivity index (χ0n) is 10.6. The molecule has 1 aromatic rings. The van der Waals surface area contributed by atoms with E-state index in [9.17, 15) is 9.59 Å². The molecule has 0 atom stereocenters. The van der Waals surface area contributed by atoms with Crippen molar-refractivity contribution in [2.45, 2.75) is 19.8 Å². The summed E-state index contributed by atoms with van der Waals surface area (Å²) in [5.41, 5.74) is 2.58. The Labute approximate surface area is 106 Å². The molecule has 0 unspecified atom stereocenters. The molecule has 1 aliphatic rings. The van der Waals surface area contributed by atoms with Crippen LogP contribution in [0.2, 0.25) is 0 Å². The molecule has 0 radical (unpaired) electrons. The summed E-state index contributed by atoms with van der Waals surface area (Å²) in [4.78, 5) is 24.7. The average molecular weight is 247 g/mol. The van der Waals surface area contributed by atoms with Gasteiger partial charge in [0.2, 0.25) is 5.91 Å². The van der Waals surface area contributed by atoms with Crippen molar-refractivity contribution in [2.75, 3.05) is 23.8 Å². The largest absolute Gasteiger partial charge is 0.338 e. The van der Waals surface area contributed by atoms with E-state index < -0.39 is 0 Å². The van der Waals surface area contributed by atoms with E-state index in [1.165, 1.54) is 0 Å². The molecule has 0 saturated carbocycles. The molecule has 1 heterocycles. The molecule has 0 fully saturated rings. The molecular formula is C13H17N3O2. The third kappa shape index (κ3) is 2.45. The van der Waals surface area contributed by atoms with E-state index >= 15 is 0 Å². The Hall–Kier alpha value is -2.04. The summed E-state index contributed by atoms with van der Waals surface area (Å²) < 4.78 is 0. The zero-order chi connectivity index (χ0) is 13.1. The van der Waals surface area contributed by atoms with Crippen LogP contribution in [0.5, 0.6) is 0 Å². The number of hydrogen-bond acceptors (Lipinski definition) is 2. The number of rotatable bonds is 3. The number of hydrogen-bond donors (Lipinski definition) is 2. The Bertz CT molecular complexity index is 485. The Balaban J connectivity index is 2.07. The van der Waals surface area contributed by atoms with E-state index in [2.05, 4.69) is 10.6 Å². The van der Waals surface area contributed by atoms with Gasteiger partial charge in [-0.15, -0.1) is 0 Å². The maximum Gasteiger partial charge on any atom is 0.319 e. The summed E-state index contributed by atoms with van der Waals surface area (Å²) in [7, 11) is 1.76. The van der Waals surface area contributed by atoms with Gasteiger partial charge in [0.1, 0.15) is 0 Å². The normalized spacial score (nSPS) is 13.4. The number of anilines is 2. The van der Waals surface area contributed by atoms with Crippen molar-refractivity contribution in [3.63, 3.8) is 0 Å². The highest BCUT2D eigenvalue weighted by Crippen LogP contribution is 2.29. The van der Waals surface area contributed by atoms with Gasteiger partial charge in [-0.25, -0.2) is 4.79 Å². The van der Waals surface area contributed by atoms with E-state index in [1.54, 1.807) is 18.0 Å². The van der Waals surface area contributed by atoms with Gasteiger partial charge < -0.3 is 15.5 Å². The molecule has 5 nitrogen and oxygen atoms in total. The molecule has 5 heteroatoms. The first-order valence-corrected chi connectivity index (χ1v) is 6.06. The molecule has 0 aliphatic carbocycles. The van der Waals surface area contributed by atoms with Crippen LogP contribution in [0, 0.1) is 0 Å². The standard InChI is InChI=1S/C13H17N3O2/c1-3-6-14-13(18)15-10-4-5-11-9(7-10)8-12(17)16(11)2/h4-5,7H,3,6,8H2,1-2H3,(H2,14,15,18). The summed E-state index contributed by atoms with van der Waals surface area (Å²) in [6.07, 6.45) is 1.30. The van der Waals surface area contributed by atoms with Crippen LogP contribution in [0.15, 0.2) is 18.2 Å². The van der Waals surface area contributed by atoms with Crippen LogP contribution < -0.4 is 15.5 Å². The molecule has 96 valence electrons. The van der Waals surface area contributed by atoms with Crippen molar-refractivity contribution >= 4 is 23.3 Å². The molecule has 2 rings (SSSR count). The molecule has 0 spiro atoms. The van der Waals surface area contributed by atoms with Crippen molar-refractivity contribution < 1.29 is 9.59 Å². The first-order chi connectivity index (χ1) is 8.61. The maximum atomic E-state index is 11.5. The van der Waals surface area contributed by atoms with Crippen LogP contribution in [-0.2, 0) is 11.2 Å². The van der Waals surface area contributed by atoms with Gasteiger partial charge in [-0.1, -0.05) is 6.92 Å². The van der Waals surface area contributed by atoms with Gasteiger partial charge in [0, 0.05) is 25.0 Å². The van der Waals surface area contributed by atoms with E-state index in [0.717, 1.165) is 17.7 Å². The Morgan fingerprint density at radius 3 is 2.94 bits per heavy atom. The lowest BCUT2D eigenvalue weighted by Gasteiger charge is -2.11. The van der Waals surface area contributed by atoms with E-state index in [0.29, 0.717) is 18.7 Å². The highest BCUT2D eigenvalue weighted by Gasteiger charge is 2.23. The van der Waals surface area contributed by atoms with Gasteiger partial charge >= 0.3 is 6.03 Å². The maximum absolute atomic E-state index is 11.5. The molecule has 0 aromatic heterocycles. The molecule has 1 aromatic carbocycles. The SMILES string of the molecule is CCCNC(=O)Nc1ccc2c(c1)CC(=O)N2C. The highest BCUT2D eigenvalue weighted by atomic mass is 16.2. The fourth-order valence-electron chi connectivity index (χ4n) is 1.96. The van der Waals surface area contributed by atoms with E-state index in [4.69, 9.17) is 0 Å². The van der Waals surface area contributed by atoms with Crippen molar-refractivity contribution in [1.82, 2.24) is 5.32 Å². The van der Waals surface area contributed by atoms with Crippen LogP contribution in [0.1, 0.15) is 18.9 Å². The number of nitrogens with one attached hydrogen (secondary N) is 2. The number of carbonyl (C=O) groups excluding carboxylic acids is 2. The predicted octanol–water partition coefficient (Wildman–Crippen LogP) is 1.74. The summed E-state index contributed by atoms with van der Waals surface area (Å²) in [5, 5.41) is 5.49. The number of fused-ring (bicyclic) bond motifs is 1. The van der Waals surface area contributed by atoms with E-state index in [1.807, 2.05) is 19.1 Å². The fraction of sp³-hybridized carbons (Fsp3) is 0.385. The van der Waals surface area contributed by atoms with E-state index in [-0.39, 0.29) is 11.9 Å². The first-order valence-electron chi connectivity index (χ1n) is 6.06. The van der Waals surface area contributed by atoms with Crippen LogP contribution in [0.25, 0.3) is 0 Å². The number of carbonyl (C=O) groups is 2. The monoisotopic (exact) mass is 247 g/mol. The minimum absolute atomic E-state index is 0.0811. The number of nitrogens with zero attached hydrogens (tertiary/aromatic N) is 1. The van der Waals surface area contributed by atoms with Crippen molar-refractivity contribution in [3.8, 4) is 0 Å². The Kier molecular flexibility index (Phi) is 3.50. The summed E-state index contributed by atoms with van der Waals surface area (Å²) in [6.45, 7) is 2.65. The van der Waals surface area contributed by atoms with Gasteiger partial charge in [-0.05, 0) is 30.2 Å². The van der Waals surface area contributed by atoms with Gasteiger partial charge in [-0.3, -0.25) is 4.79 Å². The van der Waals surface area contributed by atoms with Gasteiger partial charge in [-0.2, -0.15) is 0 Å². The lowest BCUT2D eigenvalue weighted by atomic mass is 10.1. The minimum atomic E-state index is -0.213. The number of likely N-dealkylation sites (N-methyl/N-ethyl adjacent to an activating group) is 1. The average Bonchev–Trinajstić information content (AvgIpc) is 2.62. The second-order valence-electron chi connectivity index (χ2n) is 4.35. The van der Waals surface area contributed by atoms with Gasteiger partial charge in [0.05, 0.1) is 6.42 Å². The minimum Gasteiger partial charge on any atom is -0.338 e. The second-order valence-corrected chi connectivity index (χ2v) is 4.35. The predicted molar refractivity (Wildman–Crippen MR) is 70.9 cm³/mol. The topological polar surface area (TPSA) is 61.4 Å². The lowest BCUT2D eigenvalue weighted by Crippen LogP contribution is -2.29. The molecule has 2 N–H and O–H groups in total. The first kappa shape index (κ1) is 12.4. The summed E-state index contributed by atoms with van der Waals surface area (Å²) >= 11 is 0. The van der Waals surface area contributed by atoms with Gasteiger partial charge in [0.25, 0.3) is 0 Å². The summed E-state index contributed by atoms with van der Waals surface area (Å²) in [6, 6.07) is 5.30. The highest BCUT2D eigenvalue weighted by molar-refractivity contribution is 6.01. The Morgan fingerprint density at radius 1 is 1.44 bits per heavy atom. The molecule has 3 amide bonds. The molecule has 18 heavy (non-hydrogen) atoms. The van der Waals surface area contributed by atoms with Gasteiger partial charge in [0.15, 0.2) is 0 Å². The van der Waals surface area contributed by atoms with Crippen LogP contribution in [-0.4, -0.2) is 25.5 Å². The summed E-state index contributed by atoms with van der Waals surface area (Å²) in [5.74, 6) is 0.0811. The third-order valence-electron chi connectivity index (χ3n) is 2.95. The quantitative estimate of drug-likeness (QED) is 0.854. The number of amides is 3. The molecule has 1 aliphatic heterocycles. The fourth-order valence-corrected chi connectivity index (χ4v) is 1.96. The molecular weight excluding hydrogens is 230 g/mol. The van der Waals surface area contributed by atoms with Crippen molar-refractivity contribution in [3.05, 3.63) is 23.8 Å².